The van der Waals surface area contributed by atoms with Crippen LogP contribution in [0.2, 0.25) is 0 Å². The number of aryl methyl sites for hydroxylation is 3. The molecular weight excluding hydrogens is 402 g/mol. The number of anilines is 1. The van der Waals surface area contributed by atoms with Crippen LogP contribution in [0.1, 0.15) is 33.3 Å². The quantitative estimate of drug-likeness (QED) is 0.648. The van der Waals surface area contributed by atoms with Crippen LogP contribution in [0, 0.1) is 12.8 Å². The van der Waals surface area contributed by atoms with Crippen molar-refractivity contribution in [2.75, 3.05) is 5.32 Å². The SMILES string of the molecule is CCn1c(=O)n(CC)c2cc(S(=O)(=O)c3ccc(C)cc3)c(NC(=O)C(C)C)cc21. The summed E-state index contributed by atoms with van der Waals surface area (Å²) in [4.78, 5) is 25.3. The molecule has 0 saturated heterocycles. The van der Waals surface area contributed by atoms with Gasteiger partial charge in [0.05, 0.1) is 26.5 Å². The summed E-state index contributed by atoms with van der Waals surface area (Å²) in [5, 5.41) is 2.74. The zero-order chi connectivity index (χ0) is 22.2. The van der Waals surface area contributed by atoms with Crippen molar-refractivity contribution in [3.63, 3.8) is 0 Å². The molecule has 0 aliphatic carbocycles. The minimum atomic E-state index is -3.92. The second-order valence-electron chi connectivity index (χ2n) is 7.57. The molecule has 0 aliphatic heterocycles. The fraction of sp³-hybridized carbons (Fsp3) is 0.364. The average molecular weight is 430 g/mol. The number of hydrogen-bond acceptors (Lipinski definition) is 4. The molecule has 0 fully saturated rings. The van der Waals surface area contributed by atoms with E-state index >= 15 is 0 Å². The predicted octanol–water partition coefficient (Wildman–Crippen LogP) is 3.58. The van der Waals surface area contributed by atoms with Crippen molar-refractivity contribution in [3.05, 3.63) is 52.4 Å². The number of fused-ring (bicyclic) bond motifs is 1. The van der Waals surface area contributed by atoms with Crippen LogP contribution in [0.15, 0.2) is 51.0 Å². The maximum absolute atomic E-state index is 13.5. The van der Waals surface area contributed by atoms with Crippen LogP contribution in [0.3, 0.4) is 0 Å². The standard InChI is InChI=1S/C22H27N3O4S/c1-6-24-18-12-17(23-21(26)14(3)4)20(13-19(18)25(7-2)22(24)27)30(28,29)16-10-8-15(5)9-11-16/h8-14H,6-7H2,1-5H3,(H,23,26). The Balaban J connectivity index is 2.36. The Kier molecular flexibility index (Phi) is 5.90. The number of carbonyl (C=O) groups excluding carboxylic acids is 1. The number of sulfone groups is 1. The van der Waals surface area contributed by atoms with Gasteiger partial charge in [-0.1, -0.05) is 31.5 Å². The summed E-state index contributed by atoms with van der Waals surface area (Å²) in [7, 11) is -3.92. The molecule has 0 bridgehead atoms. The van der Waals surface area contributed by atoms with Crippen LogP contribution < -0.4 is 11.0 Å². The number of amides is 1. The van der Waals surface area contributed by atoms with Gasteiger partial charge in [0.2, 0.25) is 15.7 Å². The second-order valence-corrected chi connectivity index (χ2v) is 9.49. The Morgan fingerprint density at radius 3 is 2.03 bits per heavy atom. The highest BCUT2D eigenvalue weighted by Crippen LogP contribution is 2.32. The second kappa shape index (κ2) is 8.10. The van der Waals surface area contributed by atoms with Gasteiger partial charge in [0.15, 0.2) is 0 Å². The van der Waals surface area contributed by atoms with Crippen LogP contribution in [0.4, 0.5) is 5.69 Å². The van der Waals surface area contributed by atoms with Crippen molar-refractivity contribution in [1.29, 1.82) is 0 Å². The first-order valence-electron chi connectivity index (χ1n) is 10.0. The summed E-state index contributed by atoms with van der Waals surface area (Å²) in [6.07, 6.45) is 0. The Labute approximate surface area is 176 Å². The highest BCUT2D eigenvalue weighted by molar-refractivity contribution is 7.91. The van der Waals surface area contributed by atoms with Crippen molar-refractivity contribution in [1.82, 2.24) is 9.13 Å². The zero-order valence-electron chi connectivity index (χ0n) is 17.9. The molecule has 30 heavy (non-hydrogen) atoms. The lowest BCUT2D eigenvalue weighted by atomic mass is 10.2. The van der Waals surface area contributed by atoms with Crippen molar-refractivity contribution >= 4 is 32.5 Å². The number of rotatable bonds is 6. The van der Waals surface area contributed by atoms with E-state index in [-0.39, 0.29) is 33.0 Å². The van der Waals surface area contributed by atoms with Crippen LogP contribution in [-0.4, -0.2) is 23.5 Å². The Morgan fingerprint density at radius 1 is 1.00 bits per heavy atom. The first kappa shape index (κ1) is 21.8. The van der Waals surface area contributed by atoms with Gasteiger partial charge in [-0.05, 0) is 45.0 Å². The number of carbonyl (C=O) groups is 1. The molecule has 0 spiro atoms. The van der Waals surface area contributed by atoms with E-state index in [9.17, 15) is 18.0 Å². The van der Waals surface area contributed by atoms with E-state index < -0.39 is 9.84 Å². The van der Waals surface area contributed by atoms with Gasteiger partial charge >= 0.3 is 5.69 Å². The summed E-state index contributed by atoms with van der Waals surface area (Å²) >= 11 is 0. The topological polar surface area (TPSA) is 90.2 Å². The molecule has 3 rings (SSSR count). The molecule has 8 heteroatoms. The number of aromatic nitrogens is 2. The largest absolute Gasteiger partial charge is 0.329 e. The molecule has 3 aromatic rings. The van der Waals surface area contributed by atoms with Crippen LogP contribution in [0.5, 0.6) is 0 Å². The number of benzene rings is 2. The third-order valence-electron chi connectivity index (χ3n) is 5.16. The van der Waals surface area contributed by atoms with Gasteiger partial charge in [0, 0.05) is 19.0 Å². The van der Waals surface area contributed by atoms with Gasteiger partial charge in [-0.25, -0.2) is 13.2 Å². The van der Waals surface area contributed by atoms with Gasteiger partial charge in [-0.3, -0.25) is 13.9 Å². The summed E-state index contributed by atoms with van der Waals surface area (Å²) in [5.74, 6) is -0.626. The van der Waals surface area contributed by atoms with Crippen molar-refractivity contribution in [2.24, 2.45) is 5.92 Å². The summed E-state index contributed by atoms with van der Waals surface area (Å²) in [6, 6.07) is 9.64. The molecule has 0 saturated carbocycles. The van der Waals surface area contributed by atoms with Crippen LogP contribution in [-0.2, 0) is 27.7 Å². The molecule has 1 heterocycles. The Bertz CT molecular complexity index is 1270. The summed E-state index contributed by atoms with van der Waals surface area (Å²) in [5.41, 5.74) is 2.03. The monoisotopic (exact) mass is 429 g/mol. The highest BCUT2D eigenvalue weighted by Gasteiger charge is 2.26. The van der Waals surface area contributed by atoms with Crippen molar-refractivity contribution in [2.45, 2.75) is 57.5 Å². The normalized spacial score (nSPS) is 11.9. The molecule has 2 aromatic carbocycles. The van der Waals surface area contributed by atoms with Gasteiger partial charge in [0.1, 0.15) is 0 Å². The lowest BCUT2D eigenvalue weighted by Gasteiger charge is -2.15. The summed E-state index contributed by atoms with van der Waals surface area (Å²) < 4.78 is 30.1. The highest BCUT2D eigenvalue weighted by atomic mass is 32.2. The number of nitrogens with one attached hydrogen (secondary N) is 1. The lowest BCUT2D eigenvalue weighted by molar-refractivity contribution is -0.118. The molecule has 7 nitrogen and oxygen atoms in total. The maximum Gasteiger partial charge on any atom is 0.329 e. The molecule has 0 aliphatic rings. The average Bonchev–Trinajstić information content (AvgIpc) is 2.96. The minimum Gasteiger partial charge on any atom is -0.325 e. The first-order chi connectivity index (χ1) is 14.1. The summed E-state index contributed by atoms with van der Waals surface area (Å²) in [6.45, 7) is 9.88. The maximum atomic E-state index is 13.5. The smallest absolute Gasteiger partial charge is 0.325 e. The van der Waals surface area contributed by atoms with E-state index in [0.717, 1.165) is 5.56 Å². The number of imidazole rings is 1. The predicted molar refractivity (Wildman–Crippen MR) is 118 cm³/mol. The zero-order valence-corrected chi connectivity index (χ0v) is 18.7. The van der Waals surface area contributed by atoms with E-state index in [1.165, 1.54) is 6.07 Å². The lowest BCUT2D eigenvalue weighted by Crippen LogP contribution is -2.23. The van der Waals surface area contributed by atoms with Gasteiger partial charge in [0.25, 0.3) is 0 Å². The third kappa shape index (κ3) is 3.67. The minimum absolute atomic E-state index is 0.0247. The fourth-order valence-corrected chi connectivity index (χ4v) is 4.81. The molecular formula is C22H27N3O4S. The molecule has 0 radical (unpaired) electrons. The molecule has 0 atom stereocenters. The molecule has 1 aromatic heterocycles. The molecule has 1 N–H and O–H groups in total. The Morgan fingerprint density at radius 2 is 1.53 bits per heavy atom. The van der Waals surface area contributed by atoms with Crippen LogP contribution in [0.25, 0.3) is 11.0 Å². The van der Waals surface area contributed by atoms with Crippen LogP contribution >= 0.6 is 0 Å². The third-order valence-corrected chi connectivity index (χ3v) is 6.97. The van der Waals surface area contributed by atoms with Gasteiger partial charge < -0.3 is 5.32 Å². The van der Waals surface area contributed by atoms with E-state index in [4.69, 9.17) is 0 Å². The Hall–Kier alpha value is -2.87. The van der Waals surface area contributed by atoms with Crippen molar-refractivity contribution < 1.29 is 13.2 Å². The van der Waals surface area contributed by atoms with Gasteiger partial charge in [-0.2, -0.15) is 0 Å². The van der Waals surface area contributed by atoms with E-state index in [0.29, 0.717) is 24.1 Å². The number of hydrogen-bond donors (Lipinski definition) is 1. The molecule has 0 unspecified atom stereocenters. The van der Waals surface area contributed by atoms with Gasteiger partial charge in [-0.15, -0.1) is 0 Å². The fourth-order valence-electron chi connectivity index (χ4n) is 3.39. The van der Waals surface area contributed by atoms with E-state index in [1.807, 2.05) is 20.8 Å². The van der Waals surface area contributed by atoms with E-state index in [2.05, 4.69) is 5.32 Å². The van der Waals surface area contributed by atoms with E-state index in [1.54, 1.807) is 53.3 Å². The first-order valence-corrected chi connectivity index (χ1v) is 11.5. The molecule has 1 amide bonds. The molecule has 160 valence electrons. The van der Waals surface area contributed by atoms with Crippen molar-refractivity contribution in [3.8, 4) is 0 Å². The number of nitrogens with zero attached hydrogens (tertiary/aromatic N) is 2.